The fourth-order valence-corrected chi connectivity index (χ4v) is 1.97. The molecule has 1 aromatic rings. The van der Waals surface area contributed by atoms with Crippen LogP contribution in [0.3, 0.4) is 0 Å². The fourth-order valence-electron chi connectivity index (χ4n) is 1.81. The molecule has 1 N–H and O–H groups in total. The van der Waals surface area contributed by atoms with Gasteiger partial charge in [0, 0.05) is 17.3 Å². The van der Waals surface area contributed by atoms with E-state index in [0.717, 1.165) is 18.8 Å². The molecule has 80 valence electrons. The molecule has 1 amide bonds. The van der Waals surface area contributed by atoms with Gasteiger partial charge in [0.1, 0.15) is 5.69 Å². The Labute approximate surface area is 93.8 Å². The van der Waals surface area contributed by atoms with Gasteiger partial charge in [0.25, 0.3) is 5.91 Å². The number of hydrogen-bond donors (Lipinski definition) is 1. The number of halogens is 1. The SMILES string of the molecule is CC1CC(NC(=O)c2cc(Cl)ccn2)C1. The first-order valence-corrected chi connectivity index (χ1v) is 5.45. The van der Waals surface area contributed by atoms with Gasteiger partial charge in [-0.15, -0.1) is 0 Å². The summed E-state index contributed by atoms with van der Waals surface area (Å²) in [5, 5.41) is 3.47. The average Bonchev–Trinajstić information content (AvgIpc) is 2.15. The van der Waals surface area contributed by atoms with Crippen LogP contribution in [0.4, 0.5) is 0 Å². The third kappa shape index (κ3) is 2.48. The van der Waals surface area contributed by atoms with Gasteiger partial charge < -0.3 is 5.32 Å². The second kappa shape index (κ2) is 4.19. The first kappa shape index (κ1) is 10.4. The summed E-state index contributed by atoms with van der Waals surface area (Å²) in [5.74, 6) is 0.594. The van der Waals surface area contributed by atoms with Crippen molar-refractivity contribution in [2.75, 3.05) is 0 Å². The molecule has 1 aliphatic carbocycles. The van der Waals surface area contributed by atoms with Gasteiger partial charge in [-0.1, -0.05) is 18.5 Å². The predicted molar refractivity (Wildman–Crippen MR) is 58.9 cm³/mol. The minimum atomic E-state index is -0.130. The highest BCUT2D eigenvalue weighted by Crippen LogP contribution is 2.26. The lowest BCUT2D eigenvalue weighted by Gasteiger charge is -2.33. The van der Waals surface area contributed by atoms with Crippen LogP contribution in [0.1, 0.15) is 30.3 Å². The Morgan fingerprint density at radius 3 is 2.93 bits per heavy atom. The number of nitrogens with zero attached hydrogens (tertiary/aromatic N) is 1. The van der Waals surface area contributed by atoms with Crippen molar-refractivity contribution < 1.29 is 4.79 Å². The van der Waals surface area contributed by atoms with Gasteiger partial charge in [-0.2, -0.15) is 0 Å². The molecule has 1 heterocycles. The van der Waals surface area contributed by atoms with E-state index in [-0.39, 0.29) is 5.91 Å². The predicted octanol–water partition coefficient (Wildman–Crippen LogP) is 2.26. The molecule has 0 saturated heterocycles. The second-order valence-electron chi connectivity index (χ2n) is 4.11. The lowest BCUT2D eigenvalue weighted by molar-refractivity contribution is 0.0891. The zero-order valence-corrected chi connectivity index (χ0v) is 9.29. The van der Waals surface area contributed by atoms with Crippen LogP contribution in [-0.4, -0.2) is 16.9 Å². The zero-order valence-electron chi connectivity index (χ0n) is 8.53. The number of carbonyl (C=O) groups is 1. The van der Waals surface area contributed by atoms with E-state index in [1.165, 1.54) is 0 Å². The van der Waals surface area contributed by atoms with Crippen LogP contribution in [0.5, 0.6) is 0 Å². The molecule has 0 spiro atoms. The van der Waals surface area contributed by atoms with Gasteiger partial charge in [0.2, 0.25) is 0 Å². The molecule has 1 saturated carbocycles. The van der Waals surface area contributed by atoms with Gasteiger partial charge in [-0.25, -0.2) is 0 Å². The van der Waals surface area contributed by atoms with Crippen LogP contribution in [0.15, 0.2) is 18.3 Å². The van der Waals surface area contributed by atoms with E-state index in [1.807, 2.05) is 0 Å². The minimum absolute atomic E-state index is 0.130. The molecule has 1 fully saturated rings. The minimum Gasteiger partial charge on any atom is -0.348 e. The quantitative estimate of drug-likeness (QED) is 0.838. The van der Waals surface area contributed by atoms with Gasteiger partial charge >= 0.3 is 0 Å². The van der Waals surface area contributed by atoms with Crippen LogP contribution in [0, 0.1) is 5.92 Å². The van der Waals surface area contributed by atoms with E-state index in [2.05, 4.69) is 17.2 Å². The number of hydrogen-bond acceptors (Lipinski definition) is 2. The van der Waals surface area contributed by atoms with E-state index in [9.17, 15) is 4.79 Å². The van der Waals surface area contributed by atoms with Crippen molar-refractivity contribution in [3.8, 4) is 0 Å². The Hall–Kier alpha value is -1.09. The average molecular weight is 225 g/mol. The maximum Gasteiger partial charge on any atom is 0.270 e. The molecule has 2 rings (SSSR count). The lowest BCUT2D eigenvalue weighted by Crippen LogP contribution is -2.43. The highest BCUT2D eigenvalue weighted by Gasteiger charge is 2.27. The first-order valence-electron chi connectivity index (χ1n) is 5.07. The Morgan fingerprint density at radius 2 is 2.33 bits per heavy atom. The van der Waals surface area contributed by atoms with Crippen molar-refractivity contribution in [1.82, 2.24) is 10.3 Å². The first-order chi connectivity index (χ1) is 7.15. The zero-order chi connectivity index (χ0) is 10.8. The van der Waals surface area contributed by atoms with Crippen molar-refractivity contribution in [2.24, 2.45) is 5.92 Å². The summed E-state index contributed by atoms with van der Waals surface area (Å²) in [4.78, 5) is 15.6. The van der Waals surface area contributed by atoms with Crippen molar-refractivity contribution in [3.63, 3.8) is 0 Å². The van der Waals surface area contributed by atoms with Crippen LogP contribution in [0.2, 0.25) is 5.02 Å². The summed E-state index contributed by atoms with van der Waals surface area (Å²) < 4.78 is 0. The highest BCUT2D eigenvalue weighted by atomic mass is 35.5. The van der Waals surface area contributed by atoms with Crippen LogP contribution in [0.25, 0.3) is 0 Å². The van der Waals surface area contributed by atoms with Crippen molar-refractivity contribution in [1.29, 1.82) is 0 Å². The lowest BCUT2D eigenvalue weighted by atomic mass is 9.82. The molecule has 15 heavy (non-hydrogen) atoms. The third-order valence-electron chi connectivity index (χ3n) is 2.66. The Balaban J connectivity index is 1.96. The number of amides is 1. The van der Waals surface area contributed by atoms with Crippen molar-refractivity contribution >= 4 is 17.5 Å². The van der Waals surface area contributed by atoms with E-state index in [0.29, 0.717) is 16.8 Å². The monoisotopic (exact) mass is 224 g/mol. The van der Waals surface area contributed by atoms with Gasteiger partial charge in [0.05, 0.1) is 0 Å². The second-order valence-corrected chi connectivity index (χ2v) is 4.54. The van der Waals surface area contributed by atoms with Crippen molar-refractivity contribution in [2.45, 2.75) is 25.8 Å². The smallest absolute Gasteiger partial charge is 0.270 e. The van der Waals surface area contributed by atoms with E-state index >= 15 is 0 Å². The summed E-state index contributed by atoms with van der Waals surface area (Å²) >= 11 is 5.78. The number of aromatic nitrogens is 1. The summed E-state index contributed by atoms with van der Waals surface area (Å²) in [6, 6.07) is 3.55. The molecule has 0 atom stereocenters. The maximum atomic E-state index is 11.7. The molecule has 4 heteroatoms. The molecule has 0 bridgehead atoms. The normalized spacial score (nSPS) is 24.4. The Morgan fingerprint density at radius 1 is 1.60 bits per heavy atom. The standard InChI is InChI=1S/C11H13ClN2O/c1-7-4-9(5-7)14-11(15)10-6-8(12)2-3-13-10/h2-3,6-7,9H,4-5H2,1H3,(H,14,15). The van der Waals surface area contributed by atoms with Crippen molar-refractivity contribution in [3.05, 3.63) is 29.0 Å². The molecule has 1 aliphatic rings. The van der Waals surface area contributed by atoms with Crippen LogP contribution < -0.4 is 5.32 Å². The molecular formula is C11H13ClN2O. The molecule has 0 aliphatic heterocycles. The summed E-state index contributed by atoms with van der Waals surface area (Å²) in [5.41, 5.74) is 0.391. The molecule has 0 aromatic carbocycles. The summed E-state index contributed by atoms with van der Waals surface area (Å²) in [6.45, 7) is 2.18. The van der Waals surface area contributed by atoms with Gasteiger partial charge in [-0.3, -0.25) is 9.78 Å². The molecular weight excluding hydrogens is 212 g/mol. The Bertz CT molecular complexity index is 375. The highest BCUT2D eigenvalue weighted by molar-refractivity contribution is 6.30. The van der Waals surface area contributed by atoms with Gasteiger partial charge in [-0.05, 0) is 30.9 Å². The summed E-state index contributed by atoms with van der Waals surface area (Å²) in [6.07, 6.45) is 3.67. The fraction of sp³-hybridized carbons (Fsp3) is 0.455. The molecule has 0 radical (unpaired) electrons. The van der Waals surface area contributed by atoms with Crippen LogP contribution in [-0.2, 0) is 0 Å². The number of pyridine rings is 1. The van der Waals surface area contributed by atoms with Gasteiger partial charge in [0.15, 0.2) is 0 Å². The number of nitrogens with one attached hydrogen (secondary N) is 1. The number of carbonyl (C=O) groups excluding carboxylic acids is 1. The molecule has 1 aromatic heterocycles. The topological polar surface area (TPSA) is 42.0 Å². The van der Waals surface area contributed by atoms with E-state index < -0.39 is 0 Å². The molecule has 0 unspecified atom stereocenters. The van der Waals surface area contributed by atoms with E-state index in [4.69, 9.17) is 11.6 Å². The number of rotatable bonds is 2. The molecule has 3 nitrogen and oxygen atoms in total. The largest absolute Gasteiger partial charge is 0.348 e. The van der Waals surface area contributed by atoms with Crippen LogP contribution >= 0.6 is 11.6 Å². The maximum absolute atomic E-state index is 11.7. The van der Waals surface area contributed by atoms with E-state index in [1.54, 1.807) is 18.3 Å². The Kier molecular flexibility index (Phi) is 2.91. The summed E-state index contributed by atoms with van der Waals surface area (Å²) in [7, 11) is 0. The third-order valence-corrected chi connectivity index (χ3v) is 2.90.